The Morgan fingerprint density at radius 3 is 2.80 bits per heavy atom. The lowest BCUT2D eigenvalue weighted by Crippen LogP contribution is -2.27. The monoisotopic (exact) mass is 293 g/mol. The van der Waals surface area contributed by atoms with Gasteiger partial charge in [-0.2, -0.15) is 0 Å². The molecule has 0 saturated carbocycles. The van der Waals surface area contributed by atoms with Gasteiger partial charge in [0.25, 0.3) is 0 Å². The van der Waals surface area contributed by atoms with Crippen LogP contribution in [0.5, 0.6) is 0 Å². The van der Waals surface area contributed by atoms with Crippen molar-refractivity contribution in [2.45, 2.75) is 25.3 Å². The fraction of sp³-hybridized carbons (Fsp3) is 0.455. The van der Waals surface area contributed by atoms with Crippen molar-refractivity contribution in [3.8, 4) is 0 Å². The Bertz CT molecular complexity index is 326. The highest BCUT2D eigenvalue weighted by Gasteiger charge is 2.17. The molecule has 1 aliphatic rings. The molecule has 84 valence electrons. The first-order valence-electron chi connectivity index (χ1n) is 4.96. The van der Waals surface area contributed by atoms with Crippen molar-refractivity contribution >= 4 is 28.3 Å². The van der Waals surface area contributed by atoms with Crippen LogP contribution in [-0.4, -0.2) is 6.54 Å². The van der Waals surface area contributed by atoms with Gasteiger partial charge in [0, 0.05) is 16.1 Å². The highest BCUT2D eigenvalue weighted by molar-refractivity contribution is 9.10. The predicted molar refractivity (Wildman–Crippen MR) is 65.9 cm³/mol. The van der Waals surface area contributed by atoms with Crippen molar-refractivity contribution in [1.82, 2.24) is 5.32 Å². The normalized spacial score (nSPS) is 20.8. The van der Waals surface area contributed by atoms with Gasteiger partial charge in [-0.3, -0.25) is 0 Å². The molecule has 0 aromatic heterocycles. The third-order valence-corrected chi connectivity index (χ3v) is 3.14. The van der Waals surface area contributed by atoms with Crippen LogP contribution in [0.2, 0.25) is 0 Å². The smallest absolute Gasteiger partial charge is 0.128 e. The number of piperidine rings is 1. The van der Waals surface area contributed by atoms with Crippen LogP contribution in [0.3, 0.4) is 0 Å². The minimum absolute atomic E-state index is 0. The second-order valence-corrected chi connectivity index (χ2v) is 4.58. The van der Waals surface area contributed by atoms with E-state index in [1.807, 2.05) is 6.07 Å². The minimum Gasteiger partial charge on any atom is -0.310 e. The fourth-order valence-electron chi connectivity index (χ4n) is 1.90. The van der Waals surface area contributed by atoms with Crippen LogP contribution >= 0.6 is 28.3 Å². The van der Waals surface area contributed by atoms with Gasteiger partial charge in [0.1, 0.15) is 5.82 Å². The Labute approximate surface area is 104 Å². The van der Waals surface area contributed by atoms with E-state index in [0.29, 0.717) is 0 Å². The molecule has 0 aliphatic carbocycles. The van der Waals surface area contributed by atoms with E-state index in [1.54, 1.807) is 6.07 Å². The van der Waals surface area contributed by atoms with E-state index in [2.05, 4.69) is 21.2 Å². The molecule has 4 heteroatoms. The molecule has 1 nitrogen and oxygen atoms in total. The second-order valence-electron chi connectivity index (χ2n) is 3.67. The first kappa shape index (κ1) is 12.9. The zero-order chi connectivity index (χ0) is 9.97. The van der Waals surface area contributed by atoms with E-state index in [0.717, 1.165) is 23.0 Å². The average Bonchev–Trinajstić information content (AvgIpc) is 2.23. The Kier molecular flexibility index (Phi) is 5.03. The van der Waals surface area contributed by atoms with Gasteiger partial charge in [0.2, 0.25) is 0 Å². The summed E-state index contributed by atoms with van der Waals surface area (Å²) in [5.74, 6) is -0.104. The second kappa shape index (κ2) is 5.83. The Morgan fingerprint density at radius 2 is 2.13 bits per heavy atom. The van der Waals surface area contributed by atoms with E-state index in [1.165, 1.54) is 18.9 Å². The maximum absolute atomic E-state index is 13.5. The van der Waals surface area contributed by atoms with E-state index in [4.69, 9.17) is 0 Å². The van der Waals surface area contributed by atoms with Crippen molar-refractivity contribution in [3.05, 3.63) is 34.1 Å². The van der Waals surface area contributed by atoms with Gasteiger partial charge in [-0.1, -0.05) is 22.4 Å². The summed E-state index contributed by atoms with van der Waals surface area (Å²) in [6.45, 7) is 0.997. The number of benzene rings is 1. The predicted octanol–water partition coefficient (Wildman–Crippen LogP) is 3.82. The van der Waals surface area contributed by atoms with Crippen LogP contribution in [-0.2, 0) is 0 Å². The highest BCUT2D eigenvalue weighted by atomic mass is 79.9. The van der Waals surface area contributed by atoms with Gasteiger partial charge in [0.15, 0.2) is 0 Å². The molecule has 1 aromatic carbocycles. The van der Waals surface area contributed by atoms with Crippen LogP contribution < -0.4 is 5.32 Å². The molecule has 1 aromatic rings. The number of halogens is 3. The third-order valence-electron chi connectivity index (χ3n) is 2.64. The van der Waals surface area contributed by atoms with Gasteiger partial charge >= 0.3 is 0 Å². The molecular weight excluding hydrogens is 280 g/mol. The summed E-state index contributed by atoms with van der Waals surface area (Å²) < 4.78 is 14.4. The summed E-state index contributed by atoms with van der Waals surface area (Å²) in [5.41, 5.74) is 0.791. The first-order valence-corrected chi connectivity index (χ1v) is 5.75. The molecule has 0 spiro atoms. The molecule has 0 radical (unpaired) electrons. The Morgan fingerprint density at radius 1 is 1.33 bits per heavy atom. The summed E-state index contributed by atoms with van der Waals surface area (Å²) in [6, 6.07) is 5.33. The molecule has 15 heavy (non-hydrogen) atoms. The number of hydrogen-bond acceptors (Lipinski definition) is 1. The maximum Gasteiger partial charge on any atom is 0.128 e. The van der Waals surface area contributed by atoms with Crippen molar-refractivity contribution in [1.29, 1.82) is 0 Å². The molecular formula is C11H14BrClFN. The van der Waals surface area contributed by atoms with Crippen molar-refractivity contribution in [3.63, 3.8) is 0 Å². The van der Waals surface area contributed by atoms with Gasteiger partial charge in [0.05, 0.1) is 0 Å². The lowest BCUT2D eigenvalue weighted by Gasteiger charge is -2.24. The van der Waals surface area contributed by atoms with E-state index in [-0.39, 0.29) is 24.3 Å². The lowest BCUT2D eigenvalue weighted by molar-refractivity contribution is 0.400. The molecule has 0 unspecified atom stereocenters. The van der Waals surface area contributed by atoms with E-state index in [9.17, 15) is 4.39 Å². The third kappa shape index (κ3) is 3.16. The number of rotatable bonds is 1. The summed E-state index contributed by atoms with van der Waals surface area (Å²) in [4.78, 5) is 0. The van der Waals surface area contributed by atoms with Crippen LogP contribution in [0.25, 0.3) is 0 Å². The van der Waals surface area contributed by atoms with Gasteiger partial charge < -0.3 is 5.32 Å². The van der Waals surface area contributed by atoms with Crippen molar-refractivity contribution in [2.24, 2.45) is 0 Å². The van der Waals surface area contributed by atoms with Crippen LogP contribution in [0.4, 0.5) is 4.39 Å². The highest BCUT2D eigenvalue weighted by Crippen LogP contribution is 2.27. The Hall–Kier alpha value is -0.120. The van der Waals surface area contributed by atoms with Crippen molar-refractivity contribution in [2.75, 3.05) is 6.54 Å². The number of nitrogens with one attached hydrogen (secondary N) is 1. The van der Waals surface area contributed by atoms with Gasteiger partial charge in [-0.05, 0) is 37.6 Å². The van der Waals surface area contributed by atoms with Crippen molar-refractivity contribution < 1.29 is 4.39 Å². The van der Waals surface area contributed by atoms with Gasteiger partial charge in [-0.25, -0.2) is 4.39 Å². The standard InChI is InChI=1S/C11H13BrFN.ClH/c12-8-4-5-10(13)9(7-8)11-3-1-2-6-14-11;/h4-5,7,11,14H,1-3,6H2;1H/t11-;/m0./s1. The number of hydrogen-bond donors (Lipinski definition) is 1. The van der Waals surface area contributed by atoms with Gasteiger partial charge in [-0.15, -0.1) is 12.4 Å². The molecule has 0 bridgehead atoms. The fourth-order valence-corrected chi connectivity index (χ4v) is 2.28. The maximum atomic E-state index is 13.5. The molecule has 2 rings (SSSR count). The molecule has 1 saturated heterocycles. The SMILES string of the molecule is Cl.Fc1ccc(Br)cc1[C@@H]1CCCCN1. The molecule has 1 atom stereocenters. The summed E-state index contributed by atoms with van der Waals surface area (Å²) in [7, 11) is 0. The van der Waals surface area contributed by atoms with E-state index >= 15 is 0 Å². The minimum atomic E-state index is -0.104. The molecule has 0 amide bonds. The Balaban J connectivity index is 0.00000112. The molecule has 1 N–H and O–H groups in total. The molecule has 1 heterocycles. The quantitative estimate of drug-likeness (QED) is 0.830. The largest absolute Gasteiger partial charge is 0.310 e. The molecule has 1 fully saturated rings. The molecule has 1 aliphatic heterocycles. The lowest BCUT2D eigenvalue weighted by atomic mass is 9.97. The van der Waals surface area contributed by atoms with E-state index < -0.39 is 0 Å². The summed E-state index contributed by atoms with van der Waals surface area (Å²) >= 11 is 3.37. The van der Waals surface area contributed by atoms with Crippen LogP contribution in [0.15, 0.2) is 22.7 Å². The summed E-state index contributed by atoms with van der Waals surface area (Å²) in [6.07, 6.45) is 3.42. The summed E-state index contributed by atoms with van der Waals surface area (Å²) in [5, 5.41) is 3.34. The average molecular weight is 295 g/mol. The first-order chi connectivity index (χ1) is 6.77. The topological polar surface area (TPSA) is 12.0 Å². The van der Waals surface area contributed by atoms with Crippen LogP contribution in [0.1, 0.15) is 30.9 Å². The zero-order valence-electron chi connectivity index (χ0n) is 8.30. The van der Waals surface area contributed by atoms with Crippen LogP contribution in [0, 0.1) is 5.82 Å². The zero-order valence-corrected chi connectivity index (χ0v) is 10.7.